The van der Waals surface area contributed by atoms with Crippen molar-refractivity contribution in [3.63, 3.8) is 0 Å². The van der Waals surface area contributed by atoms with Crippen LogP contribution >= 0.6 is 27.3 Å². The molecular formula is C19H20BrN3OS. The number of aromatic amines is 1. The molecule has 1 amide bonds. The van der Waals surface area contributed by atoms with Gasteiger partial charge < -0.3 is 10.3 Å². The van der Waals surface area contributed by atoms with Gasteiger partial charge >= 0.3 is 0 Å². The second-order valence-corrected chi connectivity index (χ2v) is 7.86. The molecule has 0 saturated heterocycles. The maximum Gasteiger partial charge on any atom is 0.220 e. The summed E-state index contributed by atoms with van der Waals surface area (Å²) in [6.45, 7) is 1.95. The van der Waals surface area contributed by atoms with E-state index in [2.05, 4.69) is 42.7 Å². The Hall–Kier alpha value is -1.92. The van der Waals surface area contributed by atoms with Gasteiger partial charge in [0.1, 0.15) is 5.82 Å². The molecule has 1 atom stereocenters. The first-order valence-electron chi connectivity index (χ1n) is 8.24. The standard InChI is InChI=1S/C19H20BrN3OS/c1-13(22-18(24)6-2-4-16-5-3-11-25-16)19-21-12-17(23-19)14-7-9-15(20)10-8-14/h3,5,7-13H,2,4,6H2,1H3,(H,21,23)(H,22,24). The molecule has 2 heterocycles. The van der Waals surface area contributed by atoms with Crippen LogP contribution in [0.15, 0.2) is 52.4 Å². The van der Waals surface area contributed by atoms with Gasteiger partial charge in [-0.25, -0.2) is 4.98 Å². The van der Waals surface area contributed by atoms with Crippen molar-refractivity contribution in [1.82, 2.24) is 15.3 Å². The fourth-order valence-electron chi connectivity index (χ4n) is 2.59. The average molecular weight is 418 g/mol. The summed E-state index contributed by atoms with van der Waals surface area (Å²) in [5, 5.41) is 5.08. The summed E-state index contributed by atoms with van der Waals surface area (Å²) in [5.74, 6) is 0.829. The number of aromatic nitrogens is 2. The van der Waals surface area contributed by atoms with Crippen molar-refractivity contribution in [3.8, 4) is 11.3 Å². The van der Waals surface area contributed by atoms with Crippen molar-refractivity contribution in [2.24, 2.45) is 0 Å². The van der Waals surface area contributed by atoms with E-state index in [4.69, 9.17) is 0 Å². The molecule has 2 aromatic heterocycles. The van der Waals surface area contributed by atoms with E-state index in [1.54, 1.807) is 17.5 Å². The van der Waals surface area contributed by atoms with E-state index in [-0.39, 0.29) is 11.9 Å². The minimum absolute atomic E-state index is 0.0608. The smallest absolute Gasteiger partial charge is 0.220 e. The number of nitrogens with zero attached hydrogens (tertiary/aromatic N) is 1. The number of benzene rings is 1. The molecule has 130 valence electrons. The number of hydrogen-bond acceptors (Lipinski definition) is 3. The Bertz CT molecular complexity index is 812. The fourth-order valence-corrected chi connectivity index (χ4v) is 3.61. The minimum Gasteiger partial charge on any atom is -0.346 e. The summed E-state index contributed by atoms with van der Waals surface area (Å²) in [5.41, 5.74) is 2.01. The van der Waals surface area contributed by atoms with Crippen molar-refractivity contribution in [2.75, 3.05) is 0 Å². The van der Waals surface area contributed by atoms with E-state index in [9.17, 15) is 4.79 Å². The summed E-state index contributed by atoms with van der Waals surface area (Å²) in [7, 11) is 0. The minimum atomic E-state index is -0.140. The first-order valence-corrected chi connectivity index (χ1v) is 9.91. The third-order valence-corrected chi connectivity index (χ3v) is 5.41. The van der Waals surface area contributed by atoms with Crippen LogP contribution in [-0.2, 0) is 11.2 Å². The Balaban J connectivity index is 1.51. The van der Waals surface area contributed by atoms with Crippen LogP contribution in [0.1, 0.15) is 36.5 Å². The number of aryl methyl sites for hydroxylation is 1. The molecular weight excluding hydrogens is 398 g/mol. The van der Waals surface area contributed by atoms with E-state index in [1.807, 2.05) is 37.3 Å². The Morgan fingerprint density at radius 2 is 2.12 bits per heavy atom. The molecule has 0 saturated carbocycles. The third-order valence-electron chi connectivity index (χ3n) is 3.95. The fraction of sp³-hybridized carbons (Fsp3) is 0.263. The second-order valence-electron chi connectivity index (χ2n) is 5.91. The Kier molecular flexibility index (Phi) is 6.04. The van der Waals surface area contributed by atoms with Gasteiger partial charge in [-0.3, -0.25) is 4.79 Å². The zero-order chi connectivity index (χ0) is 17.6. The number of carbonyl (C=O) groups is 1. The summed E-state index contributed by atoms with van der Waals surface area (Å²) in [6.07, 6.45) is 4.15. The predicted molar refractivity (Wildman–Crippen MR) is 106 cm³/mol. The molecule has 3 aromatic rings. The van der Waals surface area contributed by atoms with Crippen LogP contribution in [-0.4, -0.2) is 15.9 Å². The van der Waals surface area contributed by atoms with E-state index in [1.165, 1.54) is 4.88 Å². The number of halogens is 1. The van der Waals surface area contributed by atoms with E-state index >= 15 is 0 Å². The molecule has 0 spiro atoms. The molecule has 0 bridgehead atoms. The maximum atomic E-state index is 12.1. The number of imidazole rings is 1. The van der Waals surface area contributed by atoms with Crippen LogP contribution in [0.2, 0.25) is 0 Å². The van der Waals surface area contributed by atoms with Gasteiger partial charge in [-0.15, -0.1) is 11.3 Å². The lowest BCUT2D eigenvalue weighted by Gasteiger charge is -2.11. The van der Waals surface area contributed by atoms with Gasteiger partial charge in [0.15, 0.2) is 0 Å². The van der Waals surface area contributed by atoms with Crippen molar-refractivity contribution in [3.05, 3.63) is 63.1 Å². The lowest BCUT2D eigenvalue weighted by Crippen LogP contribution is -2.27. The van der Waals surface area contributed by atoms with Crippen LogP contribution in [0, 0.1) is 0 Å². The van der Waals surface area contributed by atoms with Crippen LogP contribution in [0.4, 0.5) is 0 Å². The molecule has 0 fully saturated rings. The number of hydrogen-bond donors (Lipinski definition) is 2. The van der Waals surface area contributed by atoms with Crippen LogP contribution in [0.3, 0.4) is 0 Å². The first-order chi connectivity index (χ1) is 12.1. The molecule has 0 aliphatic rings. The van der Waals surface area contributed by atoms with Crippen LogP contribution in [0.25, 0.3) is 11.3 Å². The van der Waals surface area contributed by atoms with Gasteiger partial charge in [-0.2, -0.15) is 0 Å². The highest BCUT2D eigenvalue weighted by Gasteiger charge is 2.13. The summed E-state index contributed by atoms with van der Waals surface area (Å²) in [6, 6.07) is 12.0. The highest BCUT2D eigenvalue weighted by atomic mass is 79.9. The normalized spacial score (nSPS) is 12.1. The van der Waals surface area contributed by atoms with Gasteiger partial charge in [-0.1, -0.05) is 34.1 Å². The van der Waals surface area contributed by atoms with Crippen molar-refractivity contribution in [1.29, 1.82) is 0 Å². The number of thiophene rings is 1. The summed E-state index contributed by atoms with van der Waals surface area (Å²) < 4.78 is 1.04. The van der Waals surface area contributed by atoms with E-state index in [0.29, 0.717) is 6.42 Å². The molecule has 1 aromatic carbocycles. The zero-order valence-corrected chi connectivity index (χ0v) is 16.4. The molecule has 0 aliphatic heterocycles. The number of carbonyl (C=O) groups excluding carboxylic acids is 1. The second kappa shape index (κ2) is 8.45. The molecule has 2 N–H and O–H groups in total. The number of rotatable bonds is 7. The summed E-state index contributed by atoms with van der Waals surface area (Å²) in [4.78, 5) is 21.1. The SMILES string of the molecule is CC(NC(=O)CCCc1cccs1)c1ncc(-c2ccc(Br)cc2)[nH]1. The quantitative estimate of drug-likeness (QED) is 0.561. The monoisotopic (exact) mass is 417 g/mol. The maximum absolute atomic E-state index is 12.1. The third kappa shape index (κ3) is 5.03. The largest absolute Gasteiger partial charge is 0.346 e. The molecule has 25 heavy (non-hydrogen) atoms. The van der Waals surface area contributed by atoms with Crippen LogP contribution in [0.5, 0.6) is 0 Å². The van der Waals surface area contributed by atoms with Crippen LogP contribution < -0.4 is 5.32 Å². The highest BCUT2D eigenvalue weighted by molar-refractivity contribution is 9.10. The Morgan fingerprint density at radius 3 is 2.84 bits per heavy atom. The molecule has 0 aliphatic carbocycles. The Labute approximate surface area is 159 Å². The topological polar surface area (TPSA) is 57.8 Å². The lowest BCUT2D eigenvalue weighted by molar-refractivity contribution is -0.121. The molecule has 0 radical (unpaired) electrons. The van der Waals surface area contributed by atoms with Gasteiger partial charge in [-0.05, 0) is 48.9 Å². The molecule has 6 heteroatoms. The number of nitrogens with one attached hydrogen (secondary N) is 2. The van der Waals surface area contributed by atoms with E-state index in [0.717, 1.165) is 34.4 Å². The average Bonchev–Trinajstić information content (AvgIpc) is 3.27. The molecule has 4 nitrogen and oxygen atoms in total. The highest BCUT2D eigenvalue weighted by Crippen LogP contribution is 2.21. The van der Waals surface area contributed by atoms with Gasteiger partial charge in [0.2, 0.25) is 5.91 Å². The van der Waals surface area contributed by atoms with Crippen molar-refractivity contribution < 1.29 is 4.79 Å². The van der Waals surface area contributed by atoms with E-state index < -0.39 is 0 Å². The van der Waals surface area contributed by atoms with Crippen molar-refractivity contribution in [2.45, 2.75) is 32.2 Å². The first kappa shape index (κ1) is 17.9. The summed E-state index contributed by atoms with van der Waals surface area (Å²) >= 11 is 5.17. The number of H-pyrrole nitrogens is 1. The van der Waals surface area contributed by atoms with Crippen molar-refractivity contribution >= 4 is 33.2 Å². The molecule has 3 rings (SSSR count). The zero-order valence-electron chi connectivity index (χ0n) is 14.0. The molecule has 1 unspecified atom stereocenters. The predicted octanol–water partition coefficient (Wildman–Crippen LogP) is 5.10. The van der Waals surface area contributed by atoms with Gasteiger partial charge in [0.25, 0.3) is 0 Å². The Morgan fingerprint density at radius 1 is 1.32 bits per heavy atom. The van der Waals surface area contributed by atoms with Gasteiger partial charge in [0.05, 0.1) is 17.9 Å². The number of amides is 1. The lowest BCUT2D eigenvalue weighted by atomic mass is 10.2. The van der Waals surface area contributed by atoms with Gasteiger partial charge in [0, 0.05) is 15.8 Å².